The molecule has 0 fully saturated rings. The maximum Gasteiger partial charge on any atom is 0.0727 e. The summed E-state index contributed by atoms with van der Waals surface area (Å²) in [4.78, 5) is 5.03. The van der Waals surface area contributed by atoms with E-state index >= 15 is 0 Å². The van der Waals surface area contributed by atoms with Crippen molar-refractivity contribution >= 4 is 34.1 Å². The highest BCUT2D eigenvalue weighted by Crippen LogP contribution is 2.64. The van der Waals surface area contributed by atoms with E-state index in [0.29, 0.717) is 0 Å². The molecule has 2 aliphatic carbocycles. The largest absolute Gasteiger partial charge is 0.309 e. The van der Waals surface area contributed by atoms with Gasteiger partial charge in [-0.05, 0) is 126 Å². The molecule has 0 bridgehead atoms. The molecule has 1 spiro atoms. The van der Waals surface area contributed by atoms with Crippen LogP contribution in [0.1, 0.15) is 22.3 Å². The lowest BCUT2D eigenvalue weighted by molar-refractivity contribution is 0.775. The van der Waals surface area contributed by atoms with Gasteiger partial charge in [0.05, 0.1) is 28.2 Å². The van der Waals surface area contributed by atoms with E-state index in [0.717, 1.165) is 34.1 Å². The third kappa shape index (κ3) is 5.20. The minimum Gasteiger partial charge on any atom is -0.309 e. The van der Waals surface area contributed by atoms with E-state index in [9.17, 15) is 0 Å². The highest BCUT2D eigenvalue weighted by atomic mass is 15.2. The molecule has 0 unspecified atom stereocenters. The first-order valence-electron chi connectivity index (χ1n) is 24.0. The number of anilines is 6. The molecule has 2 heterocycles. The van der Waals surface area contributed by atoms with Crippen LogP contribution in [-0.2, 0) is 5.41 Å². The molecular formula is C67H42N2. The van der Waals surface area contributed by atoms with E-state index < -0.39 is 5.41 Å². The van der Waals surface area contributed by atoms with Gasteiger partial charge in [-0.2, -0.15) is 0 Å². The zero-order valence-electron chi connectivity index (χ0n) is 37.6. The van der Waals surface area contributed by atoms with Crippen LogP contribution in [0.15, 0.2) is 255 Å². The van der Waals surface area contributed by atoms with Gasteiger partial charge in [0.2, 0.25) is 0 Å². The topological polar surface area (TPSA) is 6.48 Å². The summed E-state index contributed by atoms with van der Waals surface area (Å²) in [5.41, 5.74) is 28.6. The van der Waals surface area contributed by atoms with E-state index in [2.05, 4.69) is 265 Å². The molecule has 0 saturated heterocycles. The summed E-state index contributed by atoms with van der Waals surface area (Å²) in [5, 5.41) is 0. The van der Waals surface area contributed by atoms with E-state index in [4.69, 9.17) is 0 Å². The molecule has 2 heteroatoms. The van der Waals surface area contributed by atoms with Crippen LogP contribution in [0.3, 0.4) is 0 Å². The Bertz CT molecular complexity index is 3560. The van der Waals surface area contributed by atoms with Gasteiger partial charge in [-0.3, -0.25) is 0 Å². The van der Waals surface area contributed by atoms with Crippen molar-refractivity contribution in [3.8, 4) is 77.9 Å². The second-order valence-electron chi connectivity index (χ2n) is 18.7. The van der Waals surface area contributed by atoms with Crippen molar-refractivity contribution in [1.82, 2.24) is 0 Å². The van der Waals surface area contributed by atoms with Crippen LogP contribution >= 0.6 is 0 Å². The van der Waals surface area contributed by atoms with Crippen LogP contribution in [-0.4, -0.2) is 0 Å². The van der Waals surface area contributed by atoms with E-state index in [-0.39, 0.29) is 0 Å². The third-order valence-corrected chi connectivity index (χ3v) is 15.4. The first-order chi connectivity index (χ1) is 34.3. The quantitative estimate of drug-likeness (QED) is 0.171. The normalized spacial score (nSPS) is 13.6. The number of fused-ring (bicyclic) bond motifs is 22. The molecule has 2 aliphatic heterocycles. The summed E-state index contributed by atoms with van der Waals surface area (Å²) in [6.07, 6.45) is 0. The lowest BCUT2D eigenvalue weighted by Gasteiger charge is -2.37. The van der Waals surface area contributed by atoms with Crippen molar-refractivity contribution in [2.75, 3.05) is 9.80 Å². The highest BCUT2D eigenvalue weighted by Gasteiger charge is 2.50. The molecule has 0 radical (unpaired) electrons. The van der Waals surface area contributed by atoms with Gasteiger partial charge >= 0.3 is 0 Å². The molecule has 0 atom stereocenters. The van der Waals surface area contributed by atoms with E-state index in [1.54, 1.807) is 0 Å². The standard InChI is InChI=1S/C67H42N2/c1-2-20-46-45(19-1)53-39-37-43(68-63-33-15-9-27-55(63)47-21-3-4-22-48(47)56-28-10-16-34-64(56)68)41-61(53)67(59-31-13-7-25-51(59)52-26-8-14-32-60(52)67)62-42-44(38-40-54(46)62)69-65-35-17-11-29-57(65)49-23-5-6-24-50(49)58-30-12-18-36-66(58)69/h1-42H. The second-order valence-corrected chi connectivity index (χ2v) is 18.7. The van der Waals surface area contributed by atoms with Crippen LogP contribution in [0.5, 0.6) is 0 Å². The summed E-state index contributed by atoms with van der Waals surface area (Å²) in [6.45, 7) is 0. The second kappa shape index (κ2) is 14.5. The molecule has 11 aromatic rings. The van der Waals surface area contributed by atoms with Gasteiger partial charge in [-0.1, -0.05) is 206 Å². The Kier molecular flexibility index (Phi) is 8.02. The van der Waals surface area contributed by atoms with Crippen LogP contribution < -0.4 is 9.80 Å². The van der Waals surface area contributed by atoms with Gasteiger partial charge in [-0.15, -0.1) is 0 Å². The molecular weight excluding hydrogens is 833 g/mol. The summed E-state index contributed by atoms with van der Waals surface area (Å²) >= 11 is 0. The van der Waals surface area contributed by atoms with Crippen molar-refractivity contribution in [3.63, 3.8) is 0 Å². The lowest BCUT2D eigenvalue weighted by atomic mass is 9.65. The first kappa shape index (κ1) is 38.2. The molecule has 4 aliphatic rings. The van der Waals surface area contributed by atoms with Gasteiger partial charge < -0.3 is 9.80 Å². The third-order valence-electron chi connectivity index (χ3n) is 15.4. The maximum absolute atomic E-state index is 2.55. The monoisotopic (exact) mass is 874 g/mol. The SMILES string of the molecule is c1ccc2c(c1)-c1ccccc1N(c1ccc3c(c1)C1(c4cc(N5c6ccccc6-c6ccccc6-c6ccccc65)ccc4-c4ccccc4-3)c3ccccc3-c3ccccc31)c1ccccc1-2. The Morgan fingerprint density at radius 1 is 0.188 bits per heavy atom. The Morgan fingerprint density at radius 3 is 0.739 bits per heavy atom. The molecule has 2 nitrogen and oxygen atoms in total. The Hall–Kier alpha value is -8.98. The van der Waals surface area contributed by atoms with Crippen molar-refractivity contribution < 1.29 is 0 Å². The maximum atomic E-state index is 2.55. The van der Waals surface area contributed by atoms with Crippen molar-refractivity contribution in [2.24, 2.45) is 0 Å². The molecule has 0 saturated carbocycles. The highest BCUT2D eigenvalue weighted by molar-refractivity contribution is 6.06. The average molecular weight is 875 g/mol. The fraction of sp³-hybridized carbons (Fsp3) is 0.0149. The summed E-state index contributed by atoms with van der Waals surface area (Å²) in [7, 11) is 0. The van der Waals surface area contributed by atoms with Crippen molar-refractivity contribution in [2.45, 2.75) is 5.41 Å². The fourth-order valence-corrected chi connectivity index (χ4v) is 12.7. The van der Waals surface area contributed by atoms with Crippen molar-refractivity contribution in [1.29, 1.82) is 0 Å². The molecule has 0 N–H and O–H groups in total. The van der Waals surface area contributed by atoms with Crippen LogP contribution in [0.4, 0.5) is 34.1 Å². The number of nitrogens with zero attached hydrogens (tertiary/aromatic N) is 2. The first-order valence-corrected chi connectivity index (χ1v) is 24.0. The minimum absolute atomic E-state index is 0.718. The summed E-state index contributed by atoms with van der Waals surface area (Å²) in [5.74, 6) is 0. The van der Waals surface area contributed by atoms with E-state index in [1.807, 2.05) is 0 Å². The smallest absolute Gasteiger partial charge is 0.0727 e. The van der Waals surface area contributed by atoms with Crippen LogP contribution in [0.2, 0.25) is 0 Å². The zero-order valence-corrected chi connectivity index (χ0v) is 37.6. The zero-order chi connectivity index (χ0) is 45.2. The molecule has 0 aromatic heterocycles. The number of benzene rings is 11. The minimum atomic E-state index is -0.718. The number of para-hydroxylation sites is 4. The predicted octanol–water partition coefficient (Wildman–Crippen LogP) is 17.9. The van der Waals surface area contributed by atoms with Crippen molar-refractivity contribution in [3.05, 3.63) is 277 Å². The summed E-state index contributed by atoms with van der Waals surface area (Å²) in [6, 6.07) is 95.6. The lowest BCUT2D eigenvalue weighted by Crippen LogP contribution is -2.30. The Morgan fingerprint density at radius 2 is 0.420 bits per heavy atom. The Balaban J connectivity index is 1.07. The Labute approximate surface area is 402 Å². The fourth-order valence-electron chi connectivity index (χ4n) is 12.7. The number of hydrogen-bond acceptors (Lipinski definition) is 2. The van der Waals surface area contributed by atoms with Gasteiger partial charge in [-0.25, -0.2) is 0 Å². The van der Waals surface area contributed by atoms with Gasteiger partial charge in [0.25, 0.3) is 0 Å². The average Bonchev–Trinajstić information content (AvgIpc) is 3.49. The van der Waals surface area contributed by atoms with Gasteiger partial charge in [0.1, 0.15) is 0 Å². The molecule has 69 heavy (non-hydrogen) atoms. The predicted molar refractivity (Wildman–Crippen MR) is 286 cm³/mol. The molecule has 0 amide bonds. The van der Waals surface area contributed by atoms with E-state index in [1.165, 1.54) is 100 Å². The number of hydrogen-bond donors (Lipinski definition) is 0. The van der Waals surface area contributed by atoms with Crippen LogP contribution in [0, 0.1) is 0 Å². The number of rotatable bonds is 2. The summed E-state index contributed by atoms with van der Waals surface area (Å²) < 4.78 is 0. The van der Waals surface area contributed by atoms with Crippen LogP contribution in [0.25, 0.3) is 77.9 Å². The van der Waals surface area contributed by atoms with Gasteiger partial charge in [0, 0.05) is 33.6 Å². The molecule has 15 rings (SSSR count). The molecule has 11 aromatic carbocycles. The molecule has 320 valence electrons. The van der Waals surface area contributed by atoms with Gasteiger partial charge in [0.15, 0.2) is 0 Å².